The molecule has 8 heteroatoms. The Morgan fingerprint density at radius 1 is 1.00 bits per heavy atom. The van der Waals surface area contributed by atoms with Crippen molar-refractivity contribution in [2.24, 2.45) is 29.1 Å². The first-order chi connectivity index (χ1) is 19.7. The van der Waals surface area contributed by atoms with Crippen LogP contribution in [-0.4, -0.2) is 62.6 Å². The van der Waals surface area contributed by atoms with E-state index in [9.17, 15) is 29.7 Å². The molecule has 0 aliphatic heterocycles. The SMILES string of the molecule is CCCCCCCCCCCC(=O)O[C@@]12[C@H](OC(C)=O)[C@@H](C)[C@@]3(O)[C@@H](C=C(CO)C[C@]4(O)C(=O)C(C)=C[C@@H]34)[C@H]1C2(C)C. The predicted octanol–water partition coefficient (Wildman–Crippen LogP) is 4.97. The quantitative estimate of drug-likeness (QED) is 0.156. The van der Waals surface area contributed by atoms with Crippen molar-refractivity contribution in [1.82, 2.24) is 0 Å². The molecule has 2 saturated carbocycles. The molecule has 4 aliphatic rings. The average molecular weight is 589 g/mol. The lowest BCUT2D eigenvalue weighted by Gasteiger charge is -2.53. The van der Waals surface area contributed by atoms with Crippen LogP contribution >= 0.6 is 0 Å². The Kier molecular flexibility index (Phi) is 9.52. The third-order valence-corrected chi connectivity index (χ3v) is 11.0. The van der Waals surface area contributed by atoms with E-state index in [4.69, 9.17) is 9.47 Å². The number of esters is 2. The number of rotatable bonds is 13. The van der Waals surface area contributed by atoms with Gasteiger partial charge in [-0.15, -0.1) is 0 Å². The zero-order valence-corrected chi connectivity index (χ0v) is 26.4. The molecule has 2 fully saturated rings. The Labute approximate surface area is 250 Å². The second-order valence-electron chi connectivity index (χ2n) is 14.0. The van der Waals surface area contributed by atoms with Gasteiger partial charge in [-0.05, 0) is 24.5 Å². The summed E-state index contributed by atoms with van der Waals surface area (Å²) in [6.45, 7) is 10.4. The largest absolute Gasteiger partial charge is 0.458 e. The van der Waals surface area contributed by atoms with Gasteiger partial charge in [-0.25, -0.2) is 0 Å². The highest BCUT2D eigenvalue weighted by atomic mass is 16.6. The van der Waals surface area contributed by atoms with Crippen molar-refractivity contribution >= 4 is 17.7 Å². The minimum Gasteiger partial charge on any atom is -0.458 e. The van der Waals surface area contributed by atoms with Crippen LogP contribution in [0.2, 0.25) is 0 Å². The van der Waals surface area contributed by atoms with E-state index >= 15 is 0 Å². The Balaban J connectivity index is 1.59. The smallest absolute Gasteiger partial charge is 0.306 e. The van der Waals surface area contributed by atoms with Crippen LogP contribution in [0.5, 0.6) is 0 Å². The third kappa shape index (κ3) is 5.19. The number of hydrogen-bond acceptors (Lipinski definition) is 8. The lowest BCUT2D eigenvalue weighted by molar-refractivity contribution is -0.228. The van der Waals surface area contributed by atoms with Crippen LogP contribution in [0.1, 0.15) is 112 Å². The van der Waals surface area contributed by atoms with Crippen molar-refractivity contribution in [3.8, 4) is 0 Å². The molecule has 0 saturated heterocycles. The zero-order valence-electron chi connectivity index (χ0n) is 26.4. The summed E-state index contributed by atoms with van der Waals surface area (Å²) in [6.07, 6.45) is 12.7. The van der Waals surface area contributed by atoms with E-state index in [1.165, 1.54) is 39.0 Å². The highest BCUT2D eigenvalue weighted by Crippen LogP contribution is 2.77. The molecule has 0 aromatic rings. The zero-order chi connectivity index (χ0) is 31.1. The molecule has 0 spiro atoms. The molecule has 0 radical (unpaired) electrons. The average Bonchev–Trinajstić information content (AvgIpc) is 3.35. The van der Waals surface area contributed by atoms with Crippen molar-refractivity contribution in [1.29, 1.82) is 0 Å². The maximum Gasteiger partial charge on any atom is 0.306 e. The van der Waals surface area contributed by atoms with Crippen molar-refractivity contribution in [2.45, 2.75) is 135 Å². The van der Waals surface area contributed by atoms with Crippen LogP contribution in [-0.2, 0) is 23.9 Å². The van der Waals surface area contributed by atoms with Crippen LogP contribution in [0, 0.1) is 29.1 Å². The molecule has 0 amide bonds. The van der Waals surface area contributed by atoms with E-state index in [-0.39, 0.29) is 25.4 Å². The van der Waals surface area contributed by atoms with E-state index in [1.807, 2.05) is 13.8 Å². The summed E-state index contributed by atoms with van der Waals surface area (Å²) in [5.41, 5.74) is -4.70. The molecular formula is C34H52O8. The van der Waals surface area contributed by atoms with Gasteiger partial charge in [0.2, 0.25) is 0 Å². The van der Waals surface area contributed by atoms with Gasteiger partial charge in [0.05, 0.1) is 12.2 Å². The molecule has 0 bridgehead atoms. The van der Waals surface area contributed by atoms with Crippen molar-refractivity contribution < 1.29 is 39.2 Å². The Bertz CT molecular complexity index is 1120. The summed E-state index contributed by atoms with van der Waals surface area (Å²) >= 11 is 0. The highest BCUT2D eigenvalue weighted by molar-refractivity contribution is 6.04. The molecule has 0 heterocycles. The highest BCUT2D eigenvalue weighted by Gasteiger charge is 2.87. The van der Waals surface area contributed by atoms with E-state index in [2.05, 4.69) is 6.92 Å². The number of hydrogen-bond donors (Lipinski definition) is 3. The number of aliphatic hydroxyl groups excluding tert-OH is 1. The second kappa shape index (κ2) is 12.2. The molecule has 8 nitrogen and oxygen atoms in total. The topological polar surface area (TPSA) is 130 Å². The minimum atomic E-state index is -1.93. The fraction of sp³-hybridized carbons (Fsp3) is 0.794. The molecule has 3 N–H and O–H groups in total. The second-order valence-corrected chi connectivity index (χ2v) is 14.0. The molecular weight excluding hydrogens is 536 g/mol. The van der Waals surface area contributed by atoms with E-state index < -0.39 is 63.7 Å². The first-order valence-electron chi connectivity index (χ1n) is 16.1. The maximum absolute atomic E-state index is 13.3. The summed E-state index contributed by atoms with van der Waals surface area (Å²) in [4.78, 5) is 39.0. The number of unbranched alkanes of at least 4 members (excludes halogenated alkanes) is 8. The molecule has 0 aromatic heterocycles. The number of aliphatic hydroxyl groups is 3. The number of carbonyl (C=O) groups is 3. The van der Waals surface area contributed by atoms with Crippen molar-refractivity contribution in [3.63, 3.8) is 0 Å². The molecule has 4 aliphatic carbocycles. The number of ether oxygens (including phenoxy) is 2. The number of fused-ring (bicyclic) bond motifs is 5. The van der Waals surface area contributed by atoms with Gasteiger partial charge < -0.3 is 24.8 Å². The summed E-state index contributed by atoms with van der Waals surface area (Å²) in [5, 5.41) is 34.7. The van der Waals surface area contributed by atoms with Gasteiger partial charge in [0.25, 0.3) is 0 Å². The molecule has 42 heavy (non-hydrogen) atoms. The van der Waals surface area contributed by atoms with Crippen LogP contribution < -0.4 is 0 Å². The maximum atomic E-state index is 13.3. The monoisotopic (exact) mass is 588 g/mol. The minimum absolute atomic E-state index is 0.108. The fourth-order valence-electron chi connectivity index (χ4n) is 8.82. The predicted molar refractivity (Wildman–Crippen MR) is 158 cm³/mol. The number of Topliss-reactive ketones (excluding diaryl/α,β-unsaturated/α-hetero) is 1. The van der Waals surface area contributed by atoms with Gasteiger partial charge >= 0.3 is 11.9 Å². The lowest BCUT2D eigenvalue weighted by atomic mass is 9.59. The van der Waals surface area contributed by atoms with Gasteiger partial charge in [0.15, 0.2) is 11.4 Å². The molecule has 4 rings (SSSR count). The molecule has 236 valence electrons. The van der Waals surface area contributed by atoms with Gasteiger partial charge in [-0.1, -0.05) is 91.2 Å². The van der Waals surface area contributed by atoms with Gasteiger partial charge in [-0.2, -0.15) is 0 Å². The van der Waals surface area contributed by atoms with E-state index in [0.29, 0.717) is 17.6 Å². The first kappa shape index (κ1) is 32.9. The van der Waals surface area contributed by atoms with Gasteiger partial charge in [0.1, 0.15) is 11.7 Å². The molecule has 0 unspecified atom stereocenters. The van der Waals surface area contributed by atoms with Gasteiger partial charge in [0, 0.05) is 48.9 Å². The van der Waals surface area contributed by atoms with Crippen molar-refractivity contribution in [3.05, 3.63) is 23.3 Å². The normalized spacial score (nSPS) is 37.9. The standard InChI is InChI=1S/C34H52O8/c1-7-8-9-10-11-12-13-14-15-16-27(37)42-34-28(31(34,5)6)25-18-24(20-35)19-32(39)26(17-21(2)29(32)38)33(25,40)22(3)30(34)41-23(4)36/h17-18,22,25-26,28,30,35,39-40H,7-16,19-20H2,1-6H3/t22-,25+,26-,28+,30-,32-,33-,34-/m1/s1. The number of ketones is 1. The Morgan fingerprint density at radius 2 is 1.60 bits per heavy atom. The number of carbonyl (C=O) groups excluding carboxylic acids is 3. The summed E-state index contributed by atoms with van der Waals surface area (Å²) < 4.78 is 12.2. The van der Waals surface area contributed by atoms with Crippen LogP contribution in [0.3, 0.4) is 0 Å². The van der Waals surface area contributed by atoms with Crippen LogP contribution in [0.15, 0.2) is 23.3 Å². The molecule has 8 atom stereocenters. The Morgan fingerprint density at radius 3 is 2.17 bits per heavy atom. The van der Waals surface area contributed by atoms with E-state index in [1.54, 1.807) is 26.0 Å². The van der Waals surface area contributed by atoms with E-state index in [0.717, 1.165) is 19.3 Å². The summed E-state index contributed by atoms with van der Waals surface area (Å²) in [5.74, 6) is -4.30. The van der Waals surface area contributed by atoms with Crippen LogP contribution in [0.4, 0.5) is 0 Å². The van der Waals surface area contributed by atoms with Crippen LogP contribution in [0.25, 0.3) is 0 Å². The van der Waals surface area contributed by atoms with Gasteiger partial charge in [-0.3, -0.25) is 14.4 Å². The summed E-state index contributed by atoms with van der Waals surface area (Å²) in [7, 11) is 0. The summed E-state index contributed by atoms with van der Waals surface area (Å²) in [6, 6.07) is 0. The molecule has 0 aromatic carbocycles. The third-order valence-electron chi connectivity index (χ3n) is 11.0. The lowest BCUT2D eigenvalue weighted by Crippen LogP contribution is -2.66. The van der Waals surface area contributed by atoms with Crippen molar-refractivity contribution in [2.75, 3.05) is 6.61 Å². The Hall–Kier alpha value is -2.03. The fourth-order valence-corrected chi connectivity index (χ4v) is 8.82. The first-order valence-corrected chi connectivity index (χ1v) is 16.1.